The zero-order valence-corrected chi connectivity index (χ0v) is 10.6. The van der Waals surface area contributed by atoms with Gasteiger partial charge in [0.25, 0.3) is 0 Å². The third-order valence-corrected chi connectivity index (χ3v) is 2.59. The first-order valence-corrected chi connectivity index (χ1v) is 5.22. The Kier molecular flexibility index (Phi) is 4.43. The van der Waals surface area contributed by atoms with E-state index in [2.05, 4.69) is 32.7 Å². The minimum atomic E-state index is 0.214. The van der Waals surface area contributed by atoms with Crippen LogP contribution < -0.4 is 5.73 Å². The first-order chi connectivity index (χ1) is 6.16. The zero-order valence-electron chi connectivity index (χ0n) is 10.6. The molecule has 1 unspecified atom stereocenters. The highest BCUT2D eigenvalue weighted by Gasteiger charge is 2.24. The molecule has 0 amide bonds. The topological polar surface area (TPSA) is 41.6 Å². The molecule has 0 fully saturated rings. The number of aliphatic imine (C=N–C) groups is 1. The molecular formula is C11H25N3. The third kappa shape index (κ3) is 3.99. The van der Waals surface area contributed by atoms with Gasteiger partial charge in [0.1, 0.15) is 0 Å². The van der Waals surface area contributed by atoms with Gasteiger partial charge in [0.2, 0.25) is 0 Å². The van der Waals surface area contributed by atoms with Crippen LogP contribution in [0, 0.1) is 5.41 Å². The van der Waals surface area contributed by atoms with E-state index in [-0.39, 0.29) is 11.5 Å². The number of hydrogen-bond donors (Lipinski definition) is 1. The normalized spacial score (nSPS) is 15.9. The van der Waals surface area contributed by atoms with Crippen LogP contribution in [0.4, 0.5) is 0 Å². The van der Waals surface area contributed by atoms with Gasteiger partial charge in [0, 0.05) is 19.1 Å². The van der Waals surface area contributed by atoms with E-state index in [4.69, 9.17) is 5.73 Å². The van der Waals surface area contributed by atoms with Crippen molar-refractivity contribution in [3.8, 4) is 0 Å². The second-order valence-corrected chi connectivity index (χ2v) is 5.23. The summed E-state index contributed by atoms with van der Waals surface area (Å²) < 4.78 is 0. The van der Waals surface area contributed by atoms with E-state index in [1.165, 1.54) is 0 Å². The van der Waals surface area contributed by atoms with Crippen molar-refractivity contribution in [2.45, 2.75) is 53.6 Å². The Bertz CT molecular complexity index is 201. The van der Waals surface area contributed by atoms with Crippen LogP contribution in [0.3, 0.4) is 0 Å². The summed E-state index contributed by atoms with van der Waals surface area (Å²) in [5.74, 6) is 0.627. The van der Waals surface area contributed by atoms with Gasteiger partial charge in [-0.2, -0.15) is 0 Å². The molecule has 0 saturated carbocycles. The molecule has 84 valence electrons. The molecule has 0 aromatic carbocycles. The SMILES string of the molecule is CC(C)N=C(N)N(C)C(C)C(C)(C)C. The molecule has 3 heteroatoms. The number of guanidine groups is 1. The number of rotatable bonds is 2. The molecule has 14 heavy (non-hydrogen) atoms. The zero-order chi connectivity index (χ0) is 11.5. The van der Waals surface area contributed by atoms with Gasteiger partial charge >= 0.3 is 0 Å². The molecule has 2 N–H and O–H groups in total. The van der Waals surface area contributed by atoms with Gasteiger partial charge in [-0.15, -0.1) is 0 Å². The van der Waals surface area contributed by atoms with E-state index in [9.17, 15) is 0 Å². The van der Waals surface area contributed by atoms with Crippen molar-refractivity contribution < 1.29 is 0 Å². The van der Waals surface area contributed by atoms with Crippen molar-refractivity contribution >= 4 is 5.96 Å². The summed E-state index contributed by atoms with van der Waals surface area (Å²) in [5, 5.41) is 0. The van der Waals surface area contributed by atoms with Crippen LogP contribution in [0.5, 0.6) is 0 Å². The van der Waals surface area contributed by atoms with E-state index in [0.717, 1.165) is 0 Å². The summed E-state index contributed by atoms with van der Waals surface area (Å²) >= 11 is 0. The molecule has 1 atom stereocenters. The molecular weight excluding hydrogens is 174 g/mol. The summed E-state index contributed by atoms with van der Waals surface area (Å²) in [6.07, 6.45) is 0. The van der Waals surface area contributed by atoms with E-state index in [1.807, 2.05) is 25.8 Å². The van der Waals surface area contributed by atoms with Crippen molar-refractivity contribution in [3.63, 3.8) is 0 Å². The summed E-state index contributed by atoms with van der Waals surface area (Å²) in [6, 6.07) is 0.634. The Hall–Kier alpha value is -0.730. The van der Waals surface area contributed by atoms with Crippen LogP contribution >= 0.6 is 0 Å². The minimum absolute atomic E-state index is 0.214. The van der Waals surface area contributed by atoms with Crippen molar-refractivity contribution in [2.24, 2.45) is 16.1 Å². The number of nitrogens with zero attached hydrogens (tertiary/aromatic N) is 2. The van der Waals surface area contributed by atoms with Gasteiger partial charge in [0.15, 0.2) is 5.96 Å². The Balaban J connectivity index is 4.55. The maximum Gasteiger partial charge on any atom is 0.191 e. The summed E-state index contributed by atoms with van der Waals surface area (Å²) in [7, 11) is 2.00. The van der Waals surface area contributed by atoms with Crippen molar-refractivity contribution in [3.05, 3.63) is 0 Å². The van der Waals surface area contributed by atoms with Crippen LogP contribution in [0.1, 0.15) is 41.5 Å². The first kappa shape index (κ1) is 13.3. The molecule has 0 aliphatic rings. The van der Waals surface area contributed by atoms with Gasteiger partial charge in [-0.05, 0) is 26.2 Å². The van der Waals surface area contributed by atoms with E-state index >= 15 is 0 Å². The number of nitrogens with two attached hydrogens (primary N) is 1. The monoisotopic (exact) mass is 199 g/mol. The Morgan fingerprint density at radius 1 is 1.21 bits per heavy atom. The van der Waals surface area contributed by atoms with Crippen LogP contribution in [-0.4, -0.2) is 30.0 Å². The fourth-order valence-electron chi connectivity index (χ4n) is 1.13. The predicted molar refractivity (Wildman–Crippen MR) is 63.4 cm³/mol. The van der Waals surface area contributed by atoms with E-state index in [1.54, 1.807) is 0 Å². The summed E-state index contributed by atoms with van der Waals surface area (Å²) in [6.45, 7) is 12.8. The molecule has 0 bridgehead atoms. The average molecular weight is 199 g/mol. The van der Waals surface area contributed by atoms with Crippen LogP contribution in [-0.2, 0) is 0 Å². The van der Waals surface area contributed by atoms with Crippen molar-refractivity contribution in [1.82, 2.24) is 4.90 Å². The Morgan fingerprint density at radius 2 is 1.64 bits per heavy atom. The van der Waals surface area contributed by atoms with Gasteiger partial charge < -0.3 is 10.6 Å². The fourth-order valence-corrected chi connectivity index (χ4v) is 1.13. The Morgan fingerprint density at radius 3 is 1.93 bits per heavy atom. The molecule has 0 aromatic rings. The molecule has 0 aromatic heterocycles. The largest absolute Gasteiger partial charge is 0.370 e. The molecule has 0 aliphatic carbocycles. The Labute approximate surface area is 88.4 Å². The molecule has 0 spiro atoms. The van der Waals surface area contributed by atoms with E-state index < -0.39 is 0 Å². The molecule has 0 radical (unpaired) electrons. The molecule has 0 saturated heterocycles. The second kappa shape index (κ2) is 4.67. The smallest absolute Gasteiger partial charge is 0.191 e. The molecule has 0 heterocycles. The van der Waals surface area contributed by atoms with Crippen molar-refractivity contribution in [2.75, 3.05) is 7.05 Å². The third-order valence-electron chi connectivity index (χ3n) is 2.59. The second-order valence-electron chi connectivity index (χ2n) is 5.23. The first-order valence-electron chi connectivity index (χ1n) is 5.22. The van der Waals surface area contributed by atoms with Crippen LogP contribution in [0.2, 0.25) is 0 Å². The molecule has 0 aliphatic heterocycles. The fraction of sp³-hybridized carbons (Fsp3) is 0.909. The minimum Gasteiger partial charge on any atom is -0.370 e. The standard InChI is InChI=1S/C11H25N3/c1-8(2)13-10(12)14(7)9(3)11(4,5)6/h8-9H,1-7H3,(H2,12,13). The molecule has 0 rings (SSSR count). The van der Waals surface area contributed by atoms with Gasteiger partial charge in [-0.25, -0.2) is 0 Å². The van der Waals surface area contributed by atoms with Gasteiger partial charge in [-0.3, -0.25) is 4.99 Å². The summed E-state index contributed by atoms with van der Waals surface area (Å²) in [4.78, 5) is 6.37. The lowest BCUT2D eigenvalue weighted by atomic mass is 9.87. The van der Waals surface area contributed by atoms with Gasteiger partial charge in [-0.1, -0.05) is 20.8 Å². The van der Waals surface area contributed by atoms with E-state index in [0.29, 0.717) is 12.0 Å². The maximum atomic E-state index is 5.89. The highest BCUT2D eigenvalue weighted by Crippen LogP contribution is 2.22. The highest BCUT2D eigenvalue weighted by atomic mass is 15.3. The van der Waals surface area contributed by atoms with Crippen molar-refractivity contribution in [1.29, 1.82) is 0 Å². The van der Waals surface area contributed by atoms with Crippen LogP contribution in [0.15, 0.2) is 4.99 Å². The lowest BCUT2D eigenvalue weighted by molar-refractivity contribution is 0.206. The quantitative estimate of drug-likeness (QED) is 0.546. The summed E-state index contributed by atoms with van der Waals surface area (Å²) in [5.41, 5.74) is 6.11. The number of hydrogen-bond acceptors (Lipinski definition) is 1. The van der Waals surface area contributed by atoms with Crippen LogP contribution in [0.25, 0.3) is 0 Å². The molecule has 3 nitrogen and oxygen atoms in total. The highest BCUT2D eigenvalue weighted by molar-refractivity contribution is 5.78. The maximum absolute atomic E-state index is 5.89. The lowest BCUT2D eigenvalue weighted by Gasteiger charge is -2.36. The average Bonchev–Trinajstić information content (AvgIpc) is 1.98. The van der Waals surface area contributed by atoms with Gasteiger partial charge in [0.05, 0.1) is 0 Å². The lowest BCUT2D eigenvalue weighted by Crippen LogP contribution is -2.46. The predicted octanol–water partition coefficient (Wildman–Crippen LogP) is 2.08.